The predicted octanol–water partition coefficient (Wildman–Crippen LogP) is 5.97. The lowest BCUT2D eigenvalue weighted by atomic mass is 9.77. The van der Waals surface area contributed by atoms with Gasteiger partial charge in [-0.15, -0.1) is 0 Å². The zero-order chi connectivity index (χ0) is 30.5. The van der Waals surface area contributed by atoms with Crippen molar-refractivity contribution in [1.29, 1.82) is 0 Å². The first-order valence-electron chi connectivity index (χ1n) is 14.0. The number of carbonyl (C=O) groups is 4. The van der Waals surface area contributed by atoms with Crippen LogP contribution in [-0.2, 0) is 33.3 Å². The molecule has 0 bridgehead atoms. The van der Waals surface area contributed by atoms with Crippen molar-refractivity contribution in [2.45, 2.75) is 73.5 Å². The number of fused-ring (bicyclic) bond motifs is 1. The molecule has 2 aliphatic rings. The summed E-state index contributed by atoms with van der Waals surface area (Å²) in [6.45, 7) is 12.3. The SMILES string of the molecule is COC(=O)[C@@H]1C[C@@H](OC(C)=O)C(C)(C)/C=C/[C@H](C)/C(OC(C)=O)=C2/C[C@H](C)[C@H](OC(=O)c3ccccc3)C2C=C1C. The van der Waals surface area contributed by atoms with Gasteiger partial charge in [0.1, 0.15) is 18.0 Å². The van der Waals surface area contributed by atoms with E-state index in [0.29, 0.717) is 23.3 Å². The fraction of sp³-hybridized carbons (Fsp3) is 0.515. The van der Waals surface area contributed by atoms with Crippen molar-refractivity contribution in [2.75, 3.05) is 7.11 Å². The average molecular weight is 567 g/mol. The fourth-order valence-electron chi connectivity index (χ4n) is 5.69. The van der Waals surface area contributed by atoms with Crippen LogP contribution >= 0.6 is 0 Å². The Hall–Kier alpha value is -3.68. The van der Waals surface area contributed by atoms with Gasteiger partial charge >= 0.3 is 23.9 Å². The zero-order valence-electron chi connectivity index (χ0n) is 25.3. The second-order valence-electron chi connectivity index (χ2n) is 11.7. The van der Waals surface area contributed by atoms with E-state index >= 15 is 0 Å². The molecule has 6 atom stereocenters. The normalized spacial score (nSPS) is 30.4. The van der Waals surface area contributed by atoms with Crippen LogP contribution in [0.5, 0.6) is 0 Å². The number of esters is 4. The zero-order valence-corrected chi connectivity index (χ0v) is 25.3. The minimum Gasteiger partial charge on any atom is -0.469 e. The first-order valence-corrected chi connectivity index (χ1v) is 14.0. The second-order valence-corrected chi connectivity index (χ2v) is 11.7. The predicted molar refractivity (Wildman–Crippen MR) is 153 cm³/mol. The smallest absolute Gasteiger partial charge is 0.338 e. The Morgan fingerprint density at radius 3 is 2.20 bits per heavy atom. The molecule has 1 unspecified atom stereocenters. The number of carbonyl (C=O) groups excluding carboxylic acids is 4. The van der Waals surface area contributed by atoms with Gasteiger partial charge in [-0.1, -0.05) is 69.7 Å². The van der Waals surface area contributed by atoms with Crippen LogP contribution in [-0.4, -0.2) is 43.2 Å². The molecule has 0 N–H and O–H groups in total. The molecule has 1 fully saturated rings. The van der Waals surface area contributed by atoms with Crippen LogP contribution in [0.15, 0.2) is 65.5 Å². The summed E-state index contributed by atoms with van der Waals surface area (Å²) in [4.78, 5) is 50.7. The van der Waals surface area contributed by atoms with Crippen molar-refractivity contribution in [2.24, 2.45) is 29.1 Å². The Morgan fingerprint density at radius 2 is 1.61 bits per heavy atom. The quantitative estimate of drug-likeness (QED) is 0.244. The van der Waals surface area contributed by atoms with Crippen molar-refractivity contribution in [3.8, 4) is 0 Å². The highest BCUT2D eigenvalue weighted by Crippen LogP contribution is 2.45. The molecular weight excluding hydrogens is 524 g/mol. The van der Waals surface area contributed by atoms with Crippen molar-refractivity contribution >= 4 is 23.9 Å². The summed E-state index contributed by atoms with van der Waals surface area (Å²) in [5.74, 6) is -2.94. The Labute approximate surface area is 242 Å². The molecule has 222 valence electrons. The number of ether oxygens (including phenoxy) is 4. The largest absolute Gasteiger partial charge is 0.469 e. The van der Waals surface area contributed by atoms with Crippen molar-refractivity contribution in [3.05, 3.63) is 71.0 Å². The number of allylic oxidation sites excluding steroid dienone is 1. The van der Waals surface area contributed by atoms with Crippen molar-refractivity contribution in [3.63, 3.8) is 0 Å². The van der Waals surface area contributed by atoms with Crippen LogP contribution in [0.1, 0.15) is 71.7 Å². The molecule has 1 saturated carbocycles. The van der Waals surface area contributed by atoms with Gasteiger partial charge in [-0.2, -0.15) is 0 Å². The molecule has 0 amide bonds. The lowest BCUT2D eigenvalue weighted by molar-refractivity contribution is -0.156. The van der Waals surface area contributed by atoms with Crippen LogP contribution in [0, 0.1) is 29.1 Å². The minimum atomic E-state index is -0.728. The van der Waals surface area contributed by atoms with Crippen LogP contribution in [0.25, 0.3) is 0 Å². The van der Waals surface area contributed by atoms with Gasteiger partial charge in [-0.3, -0.25) is 14.4 Å². The molecule has 41 heavy (non-hydrogen) atoms. The lowest BCUT2D eigenvalue weighted by Crippen LogP contribution is -2.37. The standard InChI is InChI=1S/C33H42O8/c1-19-14-15-33(6,7)28(39-22(4)34)18-25(32(37)38-8)20(2)16-26-27(29(19)40-23(5)35)17-21(3)30(26)41-31(36)24-12-10-9-11-13-24/h9-16,19,21,25-26,28,30H,17-18H2,1-8H3/b15-14+,20-16?,29-27+/t19-,21-,25+,26?,28+,30-/m0/s1. The van der Waals surface area contributed by atoms with Gasteiger partial charge in [0.15, 0.2) is 0 Å². The topological polar surface area (TPSA) is 105 Å². The monoisotopic (exact) mass is 566 g/mol. The van der Waals surface area contributed by atoms with E-state index in [-0.39, 0.29) is 18.3 Å². The van der Waals surface area contributed by atoms with Crippen LogP contribution in [0.2, 0.25) is 0 Å². The second kappa shape index (κ2) is 13.3. The third-order valence-corrected chi connectivity index (χ3v) is 7.98. The molecule has 8 heteroatoms. The van der Waals surface area contributed by atoms with E-state index in [1.165, 1.54) is 21.0 Å². The average Bonchev–Trinajstić information content (AvgIpc) is 3.21. The van der Waals surface area contributed by atoms with E-state index in [1.54, 1.807) is 24.3 Å². The maximum Gasteiger partial charge on any atom is 0.338 e. The highest BCUT2D eigenvalue weighted by Gasteiger charge is 2.44. The first kappa shape index (κ1) is 31.8. The van der Waals surface area contributed by atoms with Gasteiger partial charge in [-0.25, -0.2) is 4.79 Å². The van der Waals surface area contributed by atoms with Crippen molar-refractivity contribution < 1.29 is 38.1 Å². The van der Waals surface area contributed by atoms with E-state index in [2.05, 4.69) is 0 Å². The molecule has 1 aromatic carbocycles. The Bertz CT molecular complexity index is 1240. The molecule has 0 aliphatic heterocycles. The Kier molecular flexibility index (Phi) is 10.3. The van der Waals surface area contributed by atoms with E-state index < -0.39 is 53.3 Å². The number of hydrogen-bond acceptors (Lipinski definition) is 8. The number of rotatable bonds is 5. The molecular formula is C33H42O8. The van der Waals surface area contributed by atoms with E-state index in [4.69, 9.17) is 18.9 Å². The molecule has 0 radical (unpaired) electrons. The number of hydrogen-bond donors (Lipinski definition) is 0. The highest BCUT2D eigenvalue weighted by atomic mass is 16.6. The molecule has 8 nitrogen and oxygen atoms in total. The summed E-state index contributed by atoms with van der Waals surface area (Å²) in [5, 5.41) is 0. The molecule has 0 aromatic heterocycles. The van der Waals surface area contributed by atoms with Crippen LogP contribution in [0.4, 0.5) is 0 Å². The summed E-state index contributed by atoms with van der Waals surface area (Å²) in [7, 11) is 1.32. The number of benzene rings is 1. The fourth-order valence-corrected chi connectivity index (χ4v) is 5.69. The van der Waals surface area contributed by atoms with Gasteiger partial charge in [0.25, 0.3) is 0 Å². The maximum atomic E-state index is 13.2. The molecule has 0 heterocycles. The van der Waals surface area contributed by atoms with E-state index in [0.717, 1.165) is 5.57 Å². The third kappa shape index (κ3) is 7.75. The van der Waals surface area contributed by atoms with Gasteiger partial charge in [0.05, 0.1) is 18.6 Å². The number of methoxy groups -OCH3 is 1. The summed E-state index contributed by atoms with van der Waals surface area (Å²) in [5.41, 5.74) is 1.30. The minimum absolute atomic E-state index is 0.0969. The summed E-state index contributed by atoms with van der Waals surface area (Å²) in [6.07, 6.45) is 5.30. The Morgan fingerprint density at radius 1 is 0.951 bits per heavy atom. The summed E-state index contributed by atoms with van der Waals surface area (Å²) < 4.78 is 22.9. The molecule has 0 spiro atoms. The molecule has 2 aliphatic carbocycles. The first-order chi connectivity index (χ1) is 19.2. The van der Waals surface area contributed by atoms with Gasteiger partial charge < -0.3 is 18.9 Å². The van der Waals surface area contributed by atoms with E-state index in [1.807, 2.05) is 58.9 Å². The van der Waals surface area contributed by atoms with Gasteiger partial charge in [0, 0.05) is 37.5 Å². The van der Waals surface area contributed by atoms with Gasteiger partial charge in [-0.05, 0) is 37.0 Å². The van der Waals surface area contributed by atoms with Crippen molar-refractivity contribution in [1.82, 2.24) is 0 Å². The summed E-state index contributed by atoms with van der Waals surface area (Å²) in [6, 6.07) is 8.76. The highest BCUT2D eigenvalue weighted by molar-refractivity contribution is 5.89. The maximum absolute atomic E-state index is 13.2. The van der Waals surface area contributed by atoms with Gasteiger partial charge in [0.2, 0.25) is 0 Å². The Balaban J connectivity index is 2.23. The lowest BCUT2D eigenvalue weighted by Gasteiger charge is -2.34. The molecule has 3 rings (SSSR count). The molecule has 1 aromatic rings. The molecule has 0 saturated heterocycles. The van der Waals surface area contributed by atoms with E-state index in [9.17, 15) is 19.2 Å². The van der Waals surface area contributed by atoms with Crippen LogP contribution < -0.4 is 0 Å². The summed E-state index contributed by atoms with van der Waals surface area (Å²) >= 11 is 0. The van der Waals surface area contributed by atoms with Crippen LogP contribution in [0.3, 0.4) is 0 Å². The third-order valence-electron chi connectivity index (χ3n) is 7.98.